The van der Waals surface area contributed by atoms with Gasteiger partial charge in [-0.2, -0.15) is 0 Å². The summed E-state index contributed by atoms with van der Waals surface area (Å²) in [6.45, 7) is 0.661. The van der Waals surface area contributed by atoms with Crippen LogP contribution in [-0.2, 0) is 6.54 Å². The number of aromatic nitrogens is 4. The number of imidazole rings is 1. The third-order valence-electron chi connectivity index (χ3n) is 2.80. The molecule has 0 bridgehead atoms. The maximum Gasteiger partial charge on any atom is 0.223 e. The van der Waals surface area contributed by atoms with E-state index in [9.17, 15) is 4.39 Å². The molecule has 0 saturated heterocycles. The molecule has 0 aliphatic carbocycles. The number of hydrogen-bond acceptors (Lipinski definition) is 3. The van der Waals surface area contributed by atoms with Crippen molar-refractivity contribution in [2.24, 2.45) is 0 Å². The van der Waals surface area contributed by atoms with Crippen LogP contribution in [0.2, 0.25) is 5.28 Å². The molecule has 6 heteroatoms. The molecule has 100 valence electrons. The van der Waals surface area contributed by atoms with Crippen molar-refractivity contribution in [3.8, 4) is 11.4 Å². The Kier molecular flexibility index (Phi) is 3.43. The molecule has 4 nitrogen and oxygen atoms in total. The molecule has 0 aliphatic heterocycles. The first-order valence-corrected chi connectivity index (χ1v) is 6.34. The lowest BCUT2D eigenvalue weighted by Gasteiger charge is -2.01. The summed E-state index contributed by atoms with van der Waals surface area (Å²) >= 11 is 5.68. The second-order valence-corrected chi connectivity index (χ2v) is 4.59. The summed E-state index contributed by atoms with van der Waals surface area (Å²) in [6, 6.07) is 9.93. The van der Waals surface area contributed by atoms with Crippen LogP contribution in [0.1, 0.15) is 5.56 Å². The maximum absolute atomic E-state index is 13.7. The topological polar surface area (TPSA) is 43.6 Å². The van der Waals surface area contributed by atoms with Gasteiger partial charge in [0.2, 0.25) is 5.28 Å². The van der Waals surface area contributed by atoms with Crippen LogP contribution in [0.4, 0.5) is 4.39 Å². The van der Waals surface area contributed by atoms with Crippen molar-refractivity contribution >= 4 is 11.6 Å². The van der Waals surface area contributed by atoms with Gasteiger partial charge in [-0.3, -0.25) is 0 Å². The summed E-state index contributed by atoms with van der Waals surface area (Å²) in [7, 11) is 0. The van der Waals surface area contributed by atoms with Crippen molar-refractivity contribution in [3.63, 3.8) is 0 Å². The Labute approximate surface area is 119 Å². The van der Waals surface area contributed by atoms with E-state index in [2.05, 4.69) is 15.0 Å². The van der Waals surface area contributed by atoms with E-state index in [0.717, 1.165) is 11.8 Å². The van der Waals surface area contributed by atoms with Gasteiger partial charge in [0.15, 0.2) is 5.82 Å². The molecular weight excluding hydrogens is 279 g/mol. The lowest BCUT2D eigenvalue weighted by Crippen LogP contribution is -1.96. The molecule has 0 amide bonds. The SMILES string of the molecule is Fc1cnc(Cl)nc1-c1cn(Cc2ccccc2)cn1. The van der Waals surface area contributed by atoms with Gasteiger partial charge in [-0.25, -0.2) is 19.3 Å². The molecule has 0 fully saturated rings. The third-order valence-corrected chi connectivity index (χ3v) is 2.98. The van der Waals surface area contributed by atoms with Crippen molar-refractivity contribution in [1.29, 1.82) is 0 Å². The zero-order valence-electron chi connectivity index (χ0n) is 10.4. The first-order valence-electron chi connectivity index (χ1n) is 5.96. The normalized spacial score (nSPS) is 10.7. The summed E-state index contributed by atoms with van der Waals surface area (Å²) in [6.07, 6.45) is 4.41. The highest BCUT2D eigenvalue weighted by Gasteiger charge is 2.11. The van der Waals surface area contributed by atoms with Crippen LogP contribution in [0.15, 0.2) is 49.1 Å². The molecule has 0 unspecified atom stereocenters. The van der Waals surface area contributed by atoms with Crippen LogP contribution in [-0.4, -0.2) is 19.5 Å². The first kappa shape index (κ1) is 12.7. The molecule has 1 aromatic carbocycles. The molecule has 0 atom stereocenters. The Morgan fingerprint density at radius 1 is 1.15 bits per heavy atom. The lowest BCUT2D eigenvalue weighted by molar-refractivity contribution is 0.617. The molecule has 0 N–H and O–H groups in total. The summed E-state index contributed by atoms with van der Waals surface area (Å²) < 4.78 is 15.5. The van der Waals surface area contributed by atoms with Gasteiger partial charge in [0.1, 0.15) is 11.4 Å². The van der Waals surface area contributed by atoms with E-state index in [1.54, 1.807) is 12.5 Å². The molecule has 3 aromatic rings. The average Bonchev–Trinajstić information content (AvgIpc) is 2.91. The van der Waals surface area contributed by atoms with E-state index in [0.29, 0.717) is 12.2 Å². The molecule has 20 heavy (non-hydrogen) atoms. The van der Waals surface area contributed by atoms with Gasteiger partial charge in [-0.1, -0.05) is 30.3 Å². The van der Waals surface area contributed by atoms with Crippen LogP contribution in [0.3, 0.4) is 0 Å². The van der Waals surface area contributed by atoms with E-state index in [4.69, 9.17) is 11.6 Å². The minimum absolute atomic E-state index is 0.000917. The Morgan fingerprint density at radius 3 is 2.75 bits per heavy atom. The number of nitrogens with zero attached hydrogens (tertiary/aromatic N) is 4. The number of hydrogen-bond donors (Lipinski definition) is 0. The Balaban J connectivity index is 1.88. The monoisotopic (exact) mass is 288 g/mol. The number of rotatable bonds is 3. The van der Waals surface area contributed by atoms with Crippen molar-refractivity contribution in [1.82, 2.24) is 19.5 Å². The fraction of sp³-hybridized carbons (Fsp3) is 0.0714. The second-order valence-electron chi connectivity index (χ2n) is 4.25. The van der Waals surface area contributed by atoms with Crippen molar-refractivity contribution in [3.05, 3.63) is 65.7 Å². The van der Waals surface area contributed by atoms with Gasteiger partial charge in [-0.15, -0.1) is 0 Å². The first-order chi connectivity index (χ1) is 9.72. The van der Waals surface area contributed by atoms with Crippen molar-refractivity contribution in [2.75, 3.05) is 0 Å². The molecule has 0 saturated carbocycles. The minimum Gasteiger partial charge on any atom is -0.332 e. The van der Waals surface area contributed by atoms with Gasteiger partial charge in [0, 0.05) is 12.7 Å². The molecule has 3 rings (SSSR count). The van der Waals surface area contributed by atoms with E-state index < -0.39 is 5.82 Å². The fourth-order valence-electron chi connectivity index (χ4n) is 1.89. The van der Waals surface area contributed by atoms with Crippen LogP contribution in [0, 0.1) is 5.82 Å². The van der Waals surface area contributed by atoms with Gasteiger partial charge in [0.25, 0.3) is 0 Å². The highest BCUT2D eigenvalue weighted by Crippen LogP contribution is 2.19. The molecule has 2 heterocycles. The number of halogens is 2. The predicted octanol–water partition coefficient (Wildman–Crippen LogP) is 3.18. The molecular formula is C14H10ClFN4. The average molecular weight is 289 g/mol. The van der Waals surface area contributed by atoms with E-state index in [1.165, 1.54) is 0 Å². The van der Waals surface area contributed by atoms with Gasteiger partial charge in [-0.05, 0) is 17.2 Å². The molecule has 0 aliphatic rings. The Hall–Kier alpha value is -2.27. The Morgan fingerprint density at radius 2 is 1.95 bits per heavy atom. The summed E-state index contributed by atoms with van der Waals surface area (Å²) in [5.41, 5.74) is 1.68. The second kappa shape index (κ2) is 5.38. The zero-order valence-corrected chi connectivity index (χ0v) is 11.1. The third kappa shape index (κ3) is 2.67. The van der Waals surface area contributed by atoms with Crippen LogP contribution < -0.4 is 0 Å². The smallest absolute Gasteiger partial charge is 0.223 e. The minimum atomic E-state index is -0.542. The fourth-order valence-corrected chi connectivity index (χ4v) is 2.02. The van der Waals surface area contributed by atoms with E-state index in [-0.39, 0.29) is 11.0 Å². The lowest BCUT2D eigenvalue weighted by atomic mass is 10.2. The maximum atomic E-state index is 13.7. The van der Waals surface area contributed by atoms with Gasteiger partial charge < -0.3 is 4.57 Å². The number of benzene rings is 1. The zero-order chi connectivity index (χ0) is 13.9. The van der Waals surface area contributed by atoms with Crippen molar-refractivity contribution in [2.45, 2.75) is 6.54 Å². The molecule has 0 spiro atoms. The molecule has 0 radical (unpaired) electrons. The van der Waals surface area contributed by atoms with Crippen molar-refractivity contribution < 1.29 is 4.39 Å². The van der Waals surface area contributed by atoms with Crippen LogP contribution in [0.25, 0.3) is 11.4 Å². The predicted molar refractivity (Wildman–Crippen MR) is 73.8 cm³/mol. The standard InChI is InChI=1S/C14H10ClFN4/c15-14-17-6-11(16)13(19-14)12-8-20(9-18-12)7-10-4-2-1-3-5-10/h1-6,8-9H,7H2. The quantitative estimate of drug-likeness (QED) is 0.695. The largest absolute Gasteiger partial charge is 0.332 e. The summed E-state index contributed by atoms with van der Waals surface area (Å²) in [4.78, 5) is 11.6. The van der Waals surface area contributed by atoms with E-state index in [1.807, 2.05) is 34.9 Å². The van der Waals surface area contributed by atoms with Crippen LogP contribution in [0.5, 0.6) is 0 Å². The highest BCUT2D eigenvalue weighted by atomic mass is 35.5. The van der Waals surface area contributed by atoms with Gasteiger partial charge in [0.05, 0.1) is 12.5 Å². The van der Waals surface area contributed by atoms with Gasteiger partial charge >= 0.3 is 0 Å². The van der Waals surface area contributed by atoms with E-state index >= 15 is 0 Å². The molecule has 2 aromatic heterocycles. The summed E-state index contributed by atoms with van der Waals surface area (Å²) in [5.74, 6) is -0.542. The Bertz CT molecular complexity index is 727. The summed E-state index contributed by atoms with van der Waals surface area (Å²) in [5, 5.41) is -0.000917. The van der Waals surface area contributed by atoms with Crippen LogP contribution >= 0.6 is 11.6 Å². The highest BCUT2D eigenvalue weighted by molar-refractivity contribution is 6.28.